The van der Waals surface area contributed by atoms with Crippen LogP contribution in [0.25, 0.3) is 0 Å². The summed E-state index contributed by atoms with van der Waals surface area (Å²) in [6.45, 7) is 5.23. The Morgan fingerprint density at radius 2 is 2.04 bits per heavy atom. The molecule has 0 bridgehead atoms. The number of piperidine rings is 1. The third kappa shape index (κ3) is 4.14. The van der Waals surface area contributed by atoms with Gasteiger partial charge in [0.15, 0.2) is 0 Å². The fourth-order valence-electron chi connectivity index (χ4n) is 3.11. The van der Waals surface area contributed by atoms with Crippen LogP contribution in [-0.4, -0.2) is 41.2 Å². The Labute approximate surface area is 143 Å². The van der Waals surface area contributed by atoms with E-state index in [0.29, 0.717) is 26.1 Å². The molecule has 0 aromatic heterocycles. The highest BCUT2D eigenvalue weighted by Crippen LogP contribution is 2.27. The minimum atomic E-state index is -0.593. The molecule has 2 amide bonds. The van der Waals surface area contributed by atoms with Gasteiger partial charge in [0.25, 0.3) is 0 Å². The lowest BCUT2D eigenvalue weighted by atomic mass is 9.99. The van der Waals surface area contributed by atoms with E-state index in [1.165, 1.54) is 0 Å². The molecule has 1 aromatic rings. The van der Waals surface area contributed by atoms with Crippen molar-refractivity contribution in [2.75, 3.05) is 19.6 Å². The van der Waals surface area contributed by atoms with Gasteiger partial charge in [-0.3, -0.25) is 9.59 Å². The monoisotopic (exact) mass is 327 g/mol. The quantitative estimate of drug-likeness (QED) is 0.807. The van der Waals surface area contributed by atoms with Gasteiger partial charge in [-0.05, 0) is 32.3 Å². The fraction of sp³-hybridized carbons (Fsp3) is 0.526. The van der Waals surface area contributed by atoms with Crippen LogP contribution < -0.4 is 0 Å². The molecule has 24 heavy (non-hydrogen) atoms. The molecule has 5 heteroatoms. The SMILES string of the molecule is CCN(C[C@H](C)C#N)C(=O)[C@@H](c1ccccc1)N1CCCCC1=O. The first-order valence-electron chi connectivity index (χ1n) is 8.61. The zero-order chi connectivity index (χ0) is 17.5. The maximum Gasteiger partial charge on any atom is 0.250 e. The van der Waals surface area contributed by atoms with Crippen LogP contribution in [0.3, 0.4) is 0 Å². The van der Waals surface area contributed by atoms with Crippen LogP contribution in [0.15, 0.2) is 30.3 Å². The molecular formula is C19H25N3O2. The van der Waals surface area contributed by atoms with Gasteiger partial charge in [-0.2, -0.15) is 5.26 Å². The Kier molecular flexibility index (Phi) is 6.36. The first kappa shape index (κ1) is 18.0. The molecule has 1 saturated heterocycles. The predicted octanol–water partition coefficient (Wildman–Crippen LogP) is 2.75. The van der Waals surface area contributed by atoms with Crippen LogP contribution in [0, 0.1) is 17.2 Å². The first-order valence-corrected chi connectivity index (χ1v) is 8.61. The van der Waals surface area contributed by atoms with Crippen molar-refractivity contribution in [1.29, 1.82) is 5.26 Å². The van der Waals surface area contributed by atoms with Crippen molar-refractivity contribution in [3.63, 3.8) is 0 Å². The zero-order valence-corrected chi connectivity index (χ0v) is 14.4. The number of hydrogen-bond acceptors (Lipinski definition) is 3. The molecule has 1 aliphatic heterocycles. The summed E-state index contributed by atoms with van der Waals surface area (Å²) in [5.74, 6) is -0.295. The Balaban J connectivity index is 2.32. The molecule has 0 spiro atoms. The molecule has 5 nitrogen and oxygen atoms in total. The van der Waals surface area contributed by atoms with Gasteiger partial charge in [0.1, 0.15) is 6.04 Å². The Bertz CT molecular complexity index is 609. The van der Waals surface area contributed by atoms with Gasteiger partial charge in [0.2, 0.25) is 11.8 Å². The first-order chi connectivity index (χ1) is 11.6. The van der Waals surface area contributed by atoms with Gasteiger partial charge in [-0.25, -0.2) is 0 Å². The number of rotatable bonds is 6. The minimum Gasteiger partial charge on any atom is -0.340 e. The van der Waals surface area contributed by atoms with Crippen molar-refractivity contribution in [3.8, 4) is 6.07 Å². The number of hydrogen-bond donors (Lipinski definition) is 0. The predicted molar refractivity (Wildman–Crippen MR) is 91.8 cm³/mol. The number of nitriles is 1. The summed E-state index contributed by atoms with van der Waals surface area (Å²) in [4.78, 5) is 29.0. The molecule has 1 aromatic carbocycles. The van der Waals surface area contributed by atoms with Crippen molar-refractivity contribution in [2.24, 2.45) is 5.92 Å². The Hall–Kier alpha value is -2.35. The lowest BCUT2D eigenvalue weighted by Gasteiger charge is -2.37. The largest absolute Gasteiger partial charge is 0.340 e. The molecule has 0 N–H and O–H groups in total. The van der Waals surface area contributed by atoms with Crippen LogP contribution in [0.1, 0.15) is 44.7 Å². The van der Waals surface area contributed by atoms with Crippen LogP contribution in [-0.2, 0) is 9.59 Å². The topological polar surface area (TPSA) is 64.4 Å². The van der Waals surface area contributed by atoms with E-state index in [0.717, 1.165) is 18.4 Å². The molecule has 0 unspecified atom stereocenters. The summed E-state index contributed by atoms with van der Waals surface area (Å²) in [7, 11) is 0. The van der Waals surface area contributed by atoms with Gasteiger partial charge in [0.05, 0.1) is 12.0 Å². The average Bonchev–Trinajstić information content (AvgIpc) is 2.62. The highest BCUT2D eigenvalue weighted by Gasteiger charge is 2.35. The molecule has 2 rings (SSSR count). The van der Waals surface area contributed by atoms with E-state index in [2.05, 4.69) is 6.07 Å². The van der Waals surface area contributed by atoms with Crippen molar-refractivity contribution in [1.82, 2.24) is 9.80 Å². The highest BCUT2D eigenvalue weighted by molar-refractivity contribution is 5.89. The number of likely N-dealkylation sites (tertiary alicyclic amines) is 1. The van der Waals surface area contributed by atoms with Crippen molar-refractivity contribution < 1.29 is 9.59 Å². The van der Waals surface area contributed by atoms with Gasteiger partial charge >= 0.3 is 0 Å². The van der Waals surface area contributed by atoms with E-state index >= 15 is 0 Å². The molecule has 1 heterocycles. The zero-order valence-electron chi connectivity index (χ0n) is 14.4. The summed E-state index contributed by atoms with van der Waals surface area (Å²) < 4.78 is 0. The highest BCUT2D eigenvalue weighted by atomic mass is 16.2. The van der Waals surface area contributed by atoms with Crippen molar-refractivity contribution in [3.05, 3.63) is 35.9 Å². The molecule has 0 saturated carbocycles. The maximum atomic E-state index is 13.2. The number of carbonyl (C=O) groups is 2. The molecule has 0 radical (unpaired) electrons. The summed E-state index contributed by atoms with van der Waals surface area (Å²) in [6, 6.07) is 11.0. The van der Waals surface area contributed by atoms with E-state index in [1.807, 2.05) is 37.3 Å². The molecule has 1 fully saturated rings. The van der Waals surface area contributed by atoms with E-state index in [1.54, 1.807) is 16.7 Å². The number of nitrogens with zero attached hydrogens (tertiary/aromatic N) is 3. The average molecular weight is 327 g/mol. The smallest absolute Gasteiger partial charge is 0.250 e. The Morgan fingerprint density at radius 3 is 2.62 bits per heavy atom. The number of amides is 2. The van der Waals surface area contributed by atoms with Crippen LogP contribution in [0.4, 0.5) is 0 Å². The Morgan fingerprint density at radius 1 is 1.33 bits per heavy atom. The fourth-order valence-corrected chi connectivity index (χ4v) is 3.11. The van der Waals surface area contributed by atoms with E-state index < -0.39 is 6.04 Å². The van der Waals surface area contributed by atoms with Crippen molar-refractivity contribution in [2.45, 2.75) is 39.2 Å². The van der Waals surface area contributed by atoms with Crippen LogP contribution in [0.5, 0.6) is 0 Å². The molecule has 0 aliphatic carbocycles. The molecule has 128 valence electrons. The summed E-state index contributed by atoms with van der Waals surface area (Å²) in [6.07, 6.45) is 2.30. The van der Waals surface area contributed by atoms with E-state index in [9.17, 15) is 9.59 Å². The third-order valence-electron chi connectivity index (χ3n) is 4.43. The van der Waals surface area contributed by atoms with Gasteiger partial charge in [0, 0.05) is 26.1 Å². The second-order valence-corrected chi connectivity index (χ2v) is 6.26. The second-order valence-electron chi connectivity index (χ2n) is 6.26. The summed E-state index contributed by atoms with van der Waals surface area (Å²) in [5.41, 5.74) is 0.834. The number of benzene rings is 1. The minimum absolute atomic E-state index is 0.0350. The second kappa shape index (κ2) is 8.49. The van der Waals surface area contributed by atoms with Crippen LogP contribution >= 0.6 is 0 Å². The molecular weight excluding hydrogens is 302 g/mol. The van der Waals surface area contributed by atoms with E-state index in [4.69, 9.17) is 5.26 Å². The van der Waals surface area contributed by atoms with Crippen LogP contribution in [0.2, 0.25) is 0 Å². The number of carbonyl (C=O) groups excluding carboxylic acids is 2. The van der Waals surface area contributed by atoms with Crippen molar-refractivity contribution >= 4 is 11.8 Å². The van der Waals surface area contributed by atoms with Gasteiger partial charge < -0.3 is 9.80 Å². The normalized spacial score (nSPS) is 17.0. The lowest BCUT2D eigenvalue weighted by molar-refractivity contribution is -0.148. The van der Waals surface area contributed by atoms with Gasteiger partial charge in [-0.15, -0.1) is 0 Å². The molecule has 1 aliphatic rings. The summed E-state index contributed by atoms with van der Waals surface area (Å²) >= 11 is 0. The summed E-state index contributed by atoms with van der Waals surface area (Å²) in [5, 5.41) is 9.05. The maximum absolute atomic E-state index is 13.2. The molecule has 2 atom stereocenters. The lowest BCUT2D eigenvalue weighted by Crippen LogP contribution is -2.48. The number of likely N-dealkylation sites (N-methyl/N-ethyl adjacent to an activating group) is 1. The third-order valence-corrected chi connectivity index (χ3v) is 4.43. The standard InChI is InChI=1S/C19H25N3O2/c1-3-21(14-15(2)13-20)19(24)18(16-9-5-4-6-10-16)22-12-8-7-11-17(22)23/h4-6,9-10,15,18H,3,7-8,11-12,14H2,1-2H3/t15-,18-/m1/s1. The van der Waals surface area contributed by atoms with Gasteiger partial charge in [-0.1, -0.05) is 30.3 Å². The van der Waals surface area contributed by atoms with E-state index in [-0.39, 0.29) is 17.7 Å².